The molecule has 2 fully saturated rings. The lowest BCUT2D eigenvalue weighted by molar-refractivity contribution is 0.0363. The summed E-state index contributed by atoms with van der Waals surface area (Å²) in [5.74, 6) is 4.26. The Balaban J connectivity index is 0.000000737. The largest absolute Gasteiger partial charge is 0.356 e. The van der Waals surface area contributed by atoms with E-state index in [0.29, 0.717) is 17.8 Å². The molecule has 0 spiro atoms. The molecular formula is C47H74N4. The molecule has 0 aliphatic carbocycles. The van der Waals surface area contributed by atoms with Gasteiger partial charge >= 0.3 is 0 Å². The molecule has 282 valence electrons. The van der Waals surface area contributed by atoms with Crippen molar-refractivity contribution in [3.63, 3.8) is 0 Å². The van der Waals surface area contributed by atoms with Crippen molar-refractivity contribution in [2.45, 2.75) is 97.9 Å². The van der Waals surface area contributed by atoms with Crippen molar-refractivity contribution in [1.82, 2.24) is 14.7 Å². The predicted octanol–water partition coefficient (Wildman–Crippen LogP) is 11.1. The molecule has 0 aromatic heterocycles. The fourth-order valence-electron chi connectivity index (χ4n) is 7.49. The minimum absolute atomic E-state index is 0.440. The van der Waals surface area contributed by atoms with Crippen molar-refractivity contribution in [1.29, 1.82) is 0 Å². The van der Waals surface area contributed by atoms with Gasteiger partial charge in [0, 0.05) is 50.0 Å². The van der Waals surface area contributed by atoms with Crippen LogP contribution in [0.5, 0.6) is 0 Å². The van der Waals surface area contributed by atoms with Crippen LogP contribution in [0.2, 0.25) is 0 Å². The molecule has 0 radical (unpaired) electrons. The van der Waals surface area contributed by atoms with Gasteiger partial charge in [-0.3, -0.25) is 4.90 Å². The summed E-state index contributed by atoms with van der Waals surface area (Å²) < 4.78 is 0. The van der Waals surface area contributed by atoms with Crippen molar-refractivity contribution in [3.05, 3.63) is 116 Å². The number of benzene rings is 1. The van der Waals surface area contributed by atoms with Gasteiger partial charge in [0.2, 0.25) is 0 Å². The van der Waals surface area contributed by atoms with Gasteiger partial charge in [0.05, 0.1) is 0 Å². The number of fused-ring (bicyclic) bond motifs is 1. The quantitative estimate of drug-likeness (QED) is 0.119. The number of hydrogen-bond donors (Lipinski definition) is 1. The molecular weight excluding hydrogens is 621 g/mol. The lowest BCUT2D eigenvalue weighted by Crippen LogP contribution is -2.59. The van der Waals surface area contributed by atoms with Gasteiger partial charge in [-0.2, -0.15) is 0 Å². The summed E-state index contributed by atoms with van der Waals surface area (Å²) in [5, 5.41) is 3.80. The fourth-order valence-corrected chi connectivity index (χ4v) is 7.49. The molecule has 2 saturated heterocycles. The highest BCUT2D eigenvalue weighted by Gasteiger charge is 2.32. The predicted molar refractivity (Wildman–Crippen MR) is 229 cm³/mol. The van der Waals surface area contributed by atoms with Crippen LogP contribution in [-0.2, 0) is 6.42 Å². The highest BCUT2D eigenvalue weighted by Crippen LogP contribution is 2.40. The van der Waals surface area contributed by atoms with E-state index >= 15 is 0 Å². The van der Waals surface area contributed by atoms with Gasteiger partial charge in [-0.15, -0.1) is 32.1 Å². The van der Waals surface area contributed by atoms with Crippen LogP contribution in [0.4, 0.5) is 5.69 Å². The topological polar surface area (TPSA) is 21.8 Å². The molecule has 1 N–H and O–H groups in total. The first-order chi connectivity index (χ1) is 24.8. The third-order valence-corrected chi connectivity index (χ3v) is 10.1. The number of rotatable bonds is 14. The molecule has 1 aromatic rings. The zero-order valence-electron chi connectivity index (χ0n) is 33.9. The summed E-state index contributed by atoms with van der Waals surface area (Å²) >= 11 is 0. The van der Waals surface area contributed by atoms with E-state index in [1.165, 1.54) is 79.8 Å². The van der Waals surface area contributed by atoms with Gasteiger partial charge in [0.1, 0.15) is 0 Å². The van der Waals surface area contributed by atoms with Crippen LogP contribution < -0.4 is 5.32 Å². The summed E-state index contributed by atoms with van der Waals surface area (Å²) in [6.45, 7) is 35.8. The molecule has 2 atom stereocenters. The second kappa shape index (κ2) is 26.4. The molecule has 3 aliphatic heterocycles. The Kier molecular flexibility index (Phi) is 23.7. The number of allylic oxidation sites excluding steroid dienone is 7. The van der Waals surface area contributed by atoms with Gasteiger partial charge in [0.15, 0.2) is 0 Å². The third kappa shape index (κ3) is 15.0. The van der Waals surface area contributed by atoms with Crippen LogP contribution in [0.15, 0.2) is 104 Å². The Morgan fingerprint density at radius 2 is 1.82 bits per heavy atom. The summed E-state index contributed by atoms with van der Waals surface area (Å²) in [6, 6.07) is 8.05. The molecule has 0 amide bonds. The monoisotopic (exact) mass is 695 g/mol. The minimum Gasteiger partial charge on any atom is -0.356 e. The van der Waals surface area contributed by atoms with Crippen molar-refractivity contribution in [2.75, 3.05) is 58.7 Å². The Hall–Kier alpha value is -3.36. The Labute approximate surface area is 315 Å². The molecule has 0 bridgehead atoms. The van der Waals surface area contributed by atoms with E-state index in [0.717, 1.165) is 50.5 Å². The summed E-state index contributed by atoms with van der Waals surface area (Å²) in [6.07, 6.45) is 26.6. The molecule has 3 aliphatic rings. The van der Waals surface area contributed by atoms with Crippen LogP contribution in [0.25, 0.3) is 0 Å². The van der Waals surface area contributed by atoms with E-state index in [1.807, 2.05) is 27.0 Å². The Morgan fingerprint density at radius 1 is 1.14 bits per heavy atom. The Bertz CT molecular complexity index is 1300. The van der Waals surface area contributed by atoms with Crippen molar-refractivity contribution >= 4 is 5.69 Å². The van der Waals surface area contributed by atoms with Crippen LogP contribution in [0, 0.1) is 24.2 Å². The number of likely N-dealkylation sites (tertiary alicyclic amines) is 2. The molecule has 3 heterocycles. The summed E-state index contributed by atoms with van der Waals surface area (Å²) in [4.78, 5) is 7.32. The lowest BCUT2D eigenvalue weighted by atomic mass is 9.80. The Morgan fingerprint density at radius 3 is 2.39 bits per heavy atom. The highest BCUT2D eigenvalue weighted by molar-refractivity contribution is 5.63. The summed E-state index contributed by atoms with van der Waals surface area (Å²) in [5.41, 5.74) is 8.20. The molecule has 4 rings (SSSR count). The molecule has 4 heteroatoms. The van der Waals surface area contributed by atoms with Crippen LogP contribution in [-0.4, -0.2) is 74.1 Å². The van der Waals surface area contributed by atoms with Gasteiger partial charge in [0.25, 0.3) is 0 Å². The first kappa shape index (κ1) is 45.7. The first-order valence-corrected chi connectivity index (χ1v) is 19.6. The van der Waals surface area contributed by atoms with Gasteiger partial charge in [-0.1, -0.05) is 95.9 Å². The van der Waals surface area contributed by atoms with Gasteiger partial charge < -0.3 is 15.1 Å². The maximum absolute atomic E-state index is 5.12. The zero-order valence-corrected chi connectivity index (χ0v) is 33.9. The van der Waals surface area contributed by atoms with Gasteiger partial charge in [-0.05, 0) is 119 Å². The van der Waals surface area contributed by atoms with Crippen LogP contribution in [0.1, 0.15) is 96.6 Å². The summed E-state index contributed by atoms with van der Waals surface area (Å²) in [7, 11) is 4.28. The number of nitrogens with one attached hydrogen (secondary N) is 1. The van der Waals surface area contributed by atoms with E-state index < -0.39 is 0 Å². The fraction of sp³-hybridized carbons (Fsp3) is 0.532. The minimum atomic E-state index is 0.440. The average Bonchev–Trinajstić information content (AvgIpc) is 3.26. The first-order valence-electron chi connectivity index (χ1n) is 19.6. The number of piperidine rings is 1. The van der Waals surface area contributed by atoms with E-state index in [9.17, 15) is 0 Å². The van der Waals surface area contributed by atoms with E-state index in [2.05, 4.69) is 129 Å². The van der Waals surface area contributed by atoms with Gasteiger partial charge in [-0.25, -0.2) is 0 Å². The van der Waals surface area contributed by atoms with Crippen molar-refractivity contribution in [2.24, 2.45) is 11.8 Å². The van der Waals surface area contributed by atoms with E-state index in [1.54, 1.807) is 6.08 Å². The number of hydrogen-bond acceptors (Lipinski definition) is 4. The van der Waals surface area contributed by atoms with Crippen LogP contribution >= 0.6 is 0 Å². The van der Waals surface area contributed by atoms with Crippen LogP contribution in [0.3, 0.4) is 0 Å². The molecule has 1 aromatic carbocycles. The third-order valence-electron chi connectivity index (χ3n) is 10.1. The number of anilines is 1. The average molecular weight is 695 g/mol. The molecule has 4 nitrogen and oxygen atoms in total. The molecule has 2 unspecified atom stereocenters. The molecule has 0 saturated carbocycles. The normalized spacial score (nSPS) is 19.8. The number of nitrogens with zero attached hydrogens (tertiary/aromatic N) is 3. The van der Waals surface area contributed by atoms with E-state index in [4.69, 9.17) is 6.42 Å². The highest BCUT2D eigenvalue weighted by atomic mass is 15.3. The lowest BCUT2D eigenvalue weighted by Gasteiger charge is -2.46. The standard InChI is InChI=1S/C33H49N3.C10H15N.C2H6.C2H4/c1-7-10-13-27(11-8-2)31(12-9-3)33-24(4)20-29-15-14-28(21-32(29)34-25(33)5)26-16-18-36(19-17-26)30-22-35(6)23-30;1-4-6-8-10-11(3)9-7-5-2;2*1-2/h7,9,12,14-15,21,24,26-27,30,34H,1,5,8,10-11,13,16-20,22-23H2,2-4,6H3;2,4,6,8H,1,7,9-10H2,3H3;1-2H3;1-2H2/b12-9-,33-31+;8-6+;;. The maximum atomic E-state index is 5.12. The van der Waals surface area contributed by atoms with E-state index in [-0.39, 0.29) is 0 Å². The molecule has 51 heavy (non-hydrogen) atoms. The zero-order chi connectivity index (χ0) is 38.2. The number of likely N-dealkylation sites (N-methyl/N-ethyl adjacent to an activating group) is 2. The van der Waals surface area contributed by atoms with Crippen molar-refractivity contribution < 1.29 is 0 Å². The maximum Gasteiger partial charge on any atom is 0.0419 e. The second-order valence-corrected chi connectivity index (χ2v) is 13.9. The second-order valence-electron chi connectivity index (χ2n) is 13.9. The van der Waals surface area contributed by atoms with Crippen molar-refractivity contribution in [3.8, 4) is 12.3 Å². The SMILES string of the molecule is C#CCCN(C)C/C=C/C=C.C=C.C=CCCC(CCC)C(/C=C\C)=C1/C(=C)Nc2cc(C3CCN(C4CN(C)C4)CC3)ccc2CC1C.CC. The number of terminal acetylenes is 1. The smallest absolute Gasteiger partial charge is 0.0419 e.